The Kier molecular flexibility index (Phi) is 63.5. The molecule has 0 aliphatic rings. The first-order chi connectivity index (χ1) is 42.0. The van der Waals surface area contributed by atoms with Crippen LogP contribution in [0.15, 0.2) is 134 Å². The lowest BCUT2D eigenvalue weighted by atomic mass is 10.0. The Hall–Kier alpha value is -3.36. The predicted molar refractivity (Wildman–Crippen MR) is 375 cm³/mol. The van der Waals surface area contributed by atoms with E-state index in [9.17, 15) is 19.4 Å². The number of aliphatic hydroxyl groups excluding tert-OH is 1. The smallest absolute Gasteiger partial charge is 0.268 e. The normalized spacial score (nSPS) is 14.5. The molecule has 0 aliphatic heterocycles. The van der Waals surface area contributed by atoms with Crippen molar-refractivity contribution in [1.82, 2.24) is 5.32 Å². The van der Waals surface area contributed by atoms with Crippen LogP contribution in [0.2, 0.25) is 0 Å². The number of nitrogens with zero attached hydrogens (tertiary/aromatic N) is 1. The summed E-state index contributed by atoms with van der Waals surface area (Å²) < 4.78 is 23.4. The molecule has 1 amide bonds. The second-order valence-corrected chi connectivity index (χ2v) is 26.2. The minimum Gasteiger partial charge on any atom is -0.756 e. The van der Waals surface area contributed by atoms with E-state index >= 15 is 0 Å². The summed E-state index contributed by atoms with van der Waals surface area (Å²) in [5, 5.41) is 13.9. The van der Waals surface area contributed by atoms with Gasteiger partial charge >= 0.3 is 0 Å². The number of amides is 1. The lowest BCUT2D eigenvalue weighted by molar-refractivity contribution is -0.870. The Bertz CT molecular complexity index is 1870. The first-order valence-electron chi connectivity index (χ1n) is 35.5. The number of carbonyl (C=O) groups excluding carboxylic acids is 1. The van der Waals surface area contributed by atoms with Gasteiger partial charge in [-0.1, -0.05) is 314 Å². The molecule has 86 heavy (non-hydrogen) atoms. The van der Waals surface area contributed by atoms with Crippen LogP contribution in [0.1, 0.15) is 296 Å². The van der Waals surface area contributed by atoms with Crippen molar-refractivity contribution in [2.24, 2.45) is 0 Å². The molecular weight excluding hydrogens is 1080 g/mol. The molecule has 2 N–H and O–H groups in total. The van der Waals surface area contributed by atoms with E-state index in [0.717, 1.165) is 109 Å². The van der Waals surface area contributed by atoms with Gasteiger partial charge in [-0.05, 0) is 109 Å². The average molecular weight is 1220 g/mol. The SMILES string of the molecule is CC/C=C\C/C=C\C/C=C\C/C=C\C/C=C\C/C=C\C/C=C\C/C=C\CCCCCCCCCCC(=O)NC(COP(=O)([O-])OCC[N+](C)(C)C)C(O)/C=C/CC/C=C/CC/C=C/CCCCCCCCCCCCCCCCCCCCCCC. The number of phosphoric acid groups is 1. The Labute approximate surface area is 532 Å². The molecule has 0 bridgehead atoms. The molecule has 0 saturated heterocycles. The lowest BCUT2D eigenvalue weighted by Gasteiger charge is -2.29. The molecule has 0 spiro atoms. The van der Waals surface area contributed by atoms with Gasteiger partial charge in [-0.2, -0.15) is 0 Å². The van der Waals surface area contributed by atoms with Crippen LogP contribution in [0.25, 0.3) is 0 Å². The van der Waals surface area contributed by atoms with Gasteiger partial charge in [-0.15, -0.1) is 0 Å². The summed E-state index contributed by atoms with van der Waals surface area (Å²) in [5.41, 5.74) is 0. The van der Waals surface area contributed by atoms with Crippen molar-refractivity contribution < 1.29 is 32.9 Å². The minimum absolute atomic E-state index is 0.0175. The first kappa shape index (κ1) is 82.6. The van der Waals surface area contributed by atoms with Gasteiger partial charge in [-0.25, -0.2) is 0 Å². The van der Waals surface area contributed by atoms with E-state index in [-0.39, 0.29) is 12.5 Å². The third kappa shape index (κ3) is 68.1. The predicted octanol–water partition coefficient (Wildman–Crippen LogP) is 22.4. The topological polar surface area (TPSA) is 108 Å². The fourth-order valence-corrected chi connectivity index (χ4v) is 10.6. The second-order valence-electron chi connectivity index (χ2n) is 24.8. The molecule has 8 nitrogen and oxygen atoms in total. The number of likely N-dealkylation sites (N-methyl/N-ethyl adjacent to an activating group) is 1. The largest absolute Gasteiger partial charge is 0.756 e. The van der Waals surface area contributed by atoms with Gasteiger partial charge in [0.25, 0.3) is 7.82 Å². The van der Waals surface area contributed by atoms with Gasteiger partial charge in [-0.3, -0.25) is 9.36 Å². The number of nitrogens with one attached hydrogen (secondary N) is 1. The van der Waals surface area contributed by atoms with E-state index in [1.165, 1.54) is 167 Å². The van der Waals surface area contributed by atoms with Gasteiger partial charge in [0.15, 0.2) is 0 Å². The number of rotatable bonds is 64. The van der Waals surface area contributed by atoms with E-state index in [1.807, 2.05) is 27.2 Å². The molecule has 494 valence electrons. The highest BCUT2D eigenvalue weighted by atomic mass is 31.2. The standard InChI is InChI=1S/C77H135N2O6P/c1-6-8-10-12-14-16-18-20-22-24-26-28-30-32-34-36-38-39-41-43-45-47-49-51-53-55-57-59-61-63-65-67-69-71-77(81)78-75(74-85-86(82,83)84-73-72-79(3,4)5)76(80)70-68-66-64-62-60-58-56-54-52-50-48-46-44-42-40-37-35-33-31-29-27-25-23-21-19-17-15-13-11-9-7-2/h8,10,14,16,20,22,26,28,32,34,38-39,43,45,49,51-52,54,60,62,68,70,75-76,80H,6-7,9,11-13,15,17-19,21,23-25,27,29-31,33,35-37,40-42,44,46-48,50,53,55-59,61,63-67,69,71-74H2,1-5H3,(H-,78,81,82,83)/b10-8-,16-14-,22-20-,28-26-,34-32-,39-38-,45-43-,51-49-,54-52+,62-60+,70-68+. The Balaban J connectivity index is 4.20. The van der Waals surface area contributed by atoms with E-state index in [2.05, 4.69) is 141 Å². The van der Waals surface area contributed by atoms with Crippen molar-refractivity contribution >= 4 is 13.7 Å². The lowest BCUT2D eigenvalue weighted by Crippen LogP contribution is -2.45. The van der Waals surface area contributed by atoms with E-state index in [1.54, 1.807) is 6.08 Å². The maximum atomic E-state index is 13.0. The van der Waals surface area contributed by atoms with Gasteiger partial charge in [0, 0.05) is 6.42 Å². The van der Waals surface area contributed by atoms with Gasteiger partial charge < -0.3 is 28.8 Å². The van der Waals surface area contributed by atoms with Gasteiger partial charge in [0.05, 0.1) is 39.9 Å². The van der Waals surface area contributed by atoms with Crippen molar-refractivity contribution in [3.05, 3.63) is 134 Å². The molecule has 0 rings (SSSR count). The summed E-state index contributed by atoms with van der Waals surface area (Å²) in [6.07, 6.45) is 100. The van der Waals surface area contributed by atoms with Crippen LogP contribution >= 0.6 is 7.82 Å². The zero-order valence-corrected chi connectivity index (χ0v) is 57.4. The van der Waals surface area contributed by atoms with Crippen LogP contribution in [0.4, 0.5) is 0 Å². The molecule has 0 heterocycles. The number of quaternary nitrogens is 1. The van der Waals surface area contributed by atoms with Crippen molar-refractivity contribution in [2.45, 2.75) is 309 Å². The molecular formula is C77H135N2O6P. The zero-order valence-electron chi connectivity index (χ0n) is 56.5. The first-order valence-corrected chi connectivity index (χ1v) is 37.0. The molecule has 0 aromatic rings. The van der Waals surface area contributed by atoms with Crippen LogP contribution in [-0.2, 0) is 18.4 Å². The highest BCUT2D eigenvalue weighted by Gasteiger charge is 2.23. The van der Waals surface area contributed by atoms with Gasteiger partial charge in [0.2, 0.25) is 5.91 Å². The molecule has 0 radical (unpaired) electrons. The van der Waals surface area contributed by atoms with Crippen LogP contribution in [-0.4, -0.2) is 68.5 Å². The third-order valence-electron chi connectivity index (χ3n) is 15.3. The zero-order chi connectivity index (χ0) is 62.6. The Morgan fingerprint density at radius 1 is 0.419 bits per heavy atom. The van der Waals surface area contributed by atoms with Gasteiger partial charge in [0.1, 0.15) is 13.2 Å². The maximum Gasteiger partial charge on any atom is 0.268 e. The number of hydrogen-bond acceptors (Lipinski definition) is 6. The quantitative estimate of drug-likeness (QED) is 0.0272. The van der Waals surface area contributed by atoms with E-state index in [0.29, 0.717) is 17.4 Å². The van der Waals surface area contributed by atoms with Crippen LogP contribution in [0, 0.1) is 0 Å². The number of carbonyl (C=O) groups is 1. The fourth-order valence-electron chi connectivity index (χ4n) is 9.85. The number of hydrogen-bond donors (Lipinski definition) is 2. The molecule has 3 atom stereocenters. The van der Waals surface area contributed by atoms with Crippen LogP contribution in [0.5, 0.6) is 0 Å². The summed E-state index contributed by atoms with van der Waals surface area (Å²) in [6, 6.07) is -0.927. The molecule has 0 aromatic carbocycles. The van der Waals surface area contributed by atoms with Crippen molar-refractivity contribution in [3.8, 4) is 0 Å². The monoisotopic (exact) mass is 1220 g/mol. The molecule has 0 saturated carbocycles. The summed E-state index contributed by atoms with van der Waals surface area (Å²) in [6.45, 7) is 4.51. The minimum atomic E-state index is -4.63. The number of aliphatic hydroxyl groups is 1. The van der Waals surface area contributed by atoms with Crippen molar-refractivity contribution in [1.29, 1.82) is 0 Å². The maximum absolute atomic E-state index is 13.0. The molecule has 9 heteroatoms. The number of allylic oxidation sites excluding steroid dienone is 21. The summed E-state index contributed by atoms with van der Waals surface area (Å²) in [4.78, 5) is 25.6. The summed E-state index contributed by atoms with van der Waals surface area (Å²) >= 11 is 0. The van der Waals surface area contributed by atoms with Crippen molar-refractivity contribution in [3.63, 3.8) is 0 Å². The fraction of sp³-hybridized carbons (Fsp3) is 0.701. The van der Waals surface area contributed by atoms with E-state index in [4.69, 9.17) is 9.05 Å². The summed E-state index contributed by atoms with van der Waals surface area (Å²) in [7, 11) is 1.22. The van der Waals surface area contributed by atoms with Crippen LogP contribution < -0.4 is 10.2 Å². The number of unbranched alkanes of at least 4 members (excludes halogenated alkanes) is 31. The highest BCUT2D eigenvalue weighted by molar-refractivity contribution is 7.45. The molecule has 3 unspecified atom stereocenters. The summed E-state index contributed by atoms with van der Waals surface area (Å²) in [5.74, 6) is -0.223. The highest BCUT2D eigenvalue weighted by Crippen LogP contribution is 2.38. The Morgan fingerprint density at radius 3 is 1.08 bits per heavy atom. The van der Waals surface area contributed by atoms with E-state index < -0.39 is 26.6 Å². The number of phosphoric ester groups is 1. The molecule has 0 aromatic heterocycles. The van der Waals surface area contributed by atoms with Crippen molar-refractivity contribution in [2.75, 3.05) is 40.9 Å². The Morgan fingerprint density at radius 2 is 0.721 bits per heavy atom. The molecule has 0 fully saturated rings. The van der Waals surface area contributed by atoms with Crippen LogP contribution in [0.3, 0.4) is 0 Å². The average Bonchev–Trinajstić information content (AvgIpc) is 3.70. The third-order valence-corrected chi connectivity index (χ3v) is 16.3. The second kappa shape index (κ2) is 66.1. The molecule has 0 aliphatic carbocycles.